The Hall–Kier alpha value is -2.04. The standard InChI is InChI=1S/C25H30FNO2/c26-22-11-9-20(10-12-22)25(28)21-13-16-27(17-14-21)15-4-18-29-24-8-3-6-19-5-1-2-7-23(19)24/h1-2,5,7,9-12,21,24H,3-4,6,8,13-18H2. The molecule has 1 fully saturated rings. The van der Waals surface area contributed by atoms with Crippen molar-refractivity contribution in [1.29, 1.82) is 0 Å². The van der Waals surface area contributed by atoms with Crippen LogP contribution in [0.1, 0.15) is 59.7 Å². The molecule has 1 aliphatic heterocycles. The molecule has 29 heavy (non-hydrogen) atoms. The Labute approximate surface area is 172 Å². The molecule has 0 bridgehead atoms. The molecule has 0 saturated carbocycles. The number of likely N-dealkylation sites (tertiary alicyclic amines) is 1. The van der Waals surface area contributed by atoms with Gasteiger partial charge >= 0.3 is 0 Å². The Bertz CT molecular complexity index is 812. The molecule has 4 rings (SSSR count). The third-order valence-corrected chi connectivity index (χ3v) is 6.34. The summed E-state index contributed by atoms with van der Waals surface area (Å²) in [5.74, 6) is -0.0778. The van der Waals surface area contributed by atoms with Crippen LogP contribution in [0.25, 0.3) is 0 Å². The molecule has 4 heteroatoms. The van der Waals surface area contributed by atoms with Crippen LogP contribution < -0.4 is 0 Å². The van der Waals surface area contributed by atoms with Crippen LogP contribution in [0.15, 0.2) is 48.5 Å². The molecule has 2 aromatic carbocycles. The number of ketones is 1. The van der Waals surface area contributed by atoms with Crippen molar-refractivity contribution in [2.45, 2.75) is 44.6 Å². The van der Waals surface area contributed by atoms with Crippen molar-refractivity contribution < 1.29 is 13.9 Å². The first-order valence-corrected chi connectivity index (χ1v) is 10.9. The zero-order chi connectivity index (χ0) is 20.1. The Morgan fingerprint density at radius 2 is 1.79 bits per heavy atom. The molecule has 1 saturated heterocycles. The summed E-state index contributed by atoms with van der Waals surface area (Å²) >= 11 is 0. The summed E-state index contributed by atoms with van der Waals surface area (Å²) in [5, 5.41) is 0. The predicted octanol–water partition coefficient (Wildman–Crippen LogP) is 5.20. The van der Waals surface area contributed by atoms with Gasteiger partial charge < -0.3 is 9.64 Å². The van der Waals surface area contributed by atoms with Crippen molar-refractivity contribution in [3.8, 4) is 0 Å². The average molecular weight is 396 g/mol. The molecule has 0 aromatic heterocycles. The van der Waals surface area contributed by atoms with Gasteiger partial charge in [-0.1, -0.05) is 24.3 Å². The van der Waals surface area contributed by atoms with Crippen LogP contribution in [-0.2, 0) is 11.2 Å². The van der Waals surface area contributed by atoms with E-state index < -0.39 is 0 Å². The van der Waals surface area contributed by atoms with Crippen LogP contribution in [0.3, 0.4) is 0 Å². The first kappa shape index (κ1) is 20.2. The molecular weight excluding hydrogens is 365 g/mol. The van der Waals surface area contributed by atoms with E-state index >= 15 is 0 Å². The summed E-state index contributed by atoms with van der Waals surface area (Å²) in [6, 6.07) is 14.6. The monoisotopic (exact) mass is 395 g/mol. The highest BCUT2D eigenvalue weighted by atomic mass is 19.1. The van der Waals surface area contributed by atoms with Crippen molar-refractivity contribution in [1.82, 2.24) is 4.90 Å². The number of piperidine rings is 1. The second-order valence-electron chi connectivity index (χ2n) is 8.29. The quantitative estimate of drug-likeness (QED) is 0.476. The first-order chi connectivity index (χ1) is 14.2. The van der Waals surface area contributed by atoms with E-state index in [0.29, 0.717) is 5.56 Å². The van der Waals surface area contributed by atoms with Gasteiger partial charge in [0.2, 0.25) is 0 Å². The molecule has 2 aliphatic rings. The normalized spacial score (nSPS) is 20.4. The highest BCUT2D eigenvalue weighted by Gasteiger charge is 2.26. The summed E-state index contributed by atoms with van der Waals surface area (Å²) in [4.78, 5) is 15.0. The zero-order valence-corrected chi connectivity index (χ0v) is 17.0. The summed E-state index contributed by atoms with van der Waals surface area (Å²) in [6.45, 7) is 3.70. The van der Waals surface area contributed by atoms with Crippen LogP contribution in [0, 0.1) is 11.7 Å². The average Bonchev–Trinajstić information content (AvgIpc) is 2.77. The van der Waals surface area contributed by atoms with E-state index in [-0.39, 0.29) is 23.6 Å². The van der Waals surface area contributed by atoms with Gasteiger partial charge in [0.1, 0.15) is 5.82 Å². The maximum Gasteiger partial charge on any atom is 0.166 e. The lowest BCUT2D eigenvalue weighted by atomic mass is 9.89. The molecule has 2 aromatic rings. The number of benzene rings is 2. The van der Waals surface area contributed by atoms with Crippen molar-refractivity contribution in [3.63, 3.8) is 0 Å². The summed E-state index contributed by atoms with van der Waals surface area (Å²) in [5.41, 5.74) is 3.45. The van der Waals surface area contributed by atoms with Gasteiger partial charge in [0, 0.05) is 24.6 Å². The van der Waals surface area contributed by atoms with Gasteiger partial charge in [0.25, 0.3) is 0 Å². The molecule has 1 heterocycles. The fourth-order valence-corrected chi connectivity index (χ4v) is 4.66. The molecule has 3 nitrogen and oxygen atoms in total. The fourth-order valence-electron chi connectivity index (χ4n) is 4.66. The summed E-state index contributed by atoms with van der Waals surface area (Å²) in [7, 11) is 0. The molecule has 154 valence electrons. The van der Waals surface area contributed by atoms with E-state index in [9.17, 15) is 9.18 Å². The first-order valence-electron chi connectivity index (χ1n) is 10.9. The highest BCUT2D eigenvalue weighted by Crippen LogP contribution is 2.32. The van der Waals surface area contributed by atoms with Crippen molar-refractivity contribution in [2.24, 2.45) is 5.92 Å². The van der Waals surface area contributed by atoms with Crippen molar-refractivity contribution >= 4 is 5.78 Å². The fraction of sp³-hybridized carbons (Fsp3) is 0.480. The number of halogens is 1. The third-order valence-electron chi connectivity index (χ3n) is 6.34. The van der Waals surface area contributed by atoms with Gasteiger partial charge in [-0.2, -0.15) is 0 Å². The summed E-state index contributed by atoms with van der Waals surface area (Å²) < 4.78 is 19.3. The largest absolute Gasteiger partial charge is 0.373 e. The number of aryl methyl sites for hydroxylation is 1. The number of Topliss-reactive ketones (excluding diaryl/α,β-unsaturated/α-hetero) is 1. The molecule has 0 amide bonds. The van der Waals surface area contributed by atoms with E-state index in [1.54, 1.807) is 12.1 Å². The van der Waals surface area contributed by atoms with Crippen LogP contribution >= 0.6 is 0 Å². The van der Waals surface area contributed by atoms with E-state index in [1.165, 1.54) is 36.1 Å². The van der Waals surface area contributed by atoms with Gasteiger partial charge in [-0.3, -0.25) is 4.79 Å². The van der Waals surface area contributed by atoms with Crippen molar-refractivity contribution in [3.05, 3.63) is 71.0 Å². The zero-order valence-electron chi connectivity index (χ0n) is 17.0. The Morgan fingerprint density at radius 3 is 2.59 bits per heavy atom. The Morgan fingerprint density at radius 1 is 1.03 bits per heavy atom. The number of hydrogen-bond donors (Lipinski definition) is 0. The number of fused-ring (bicyclic) bond motifs is 1. The Kier molecular flexibility index (Phi) is 6.73. The maximum atomic E-state index is 13.1. The smallest absolute Gasteiger partial charge is 0.166 e. The minimum atomic E-state index is -0.296. The lowest BCUT2D eigenvalue weighted by Crippen LogP contribution is -2.37. The lowest BCUT2D eigenvalue weighted by molar-refractivity contribution is 0.0330. The third kappa shape index (κ3) is 5.12. The van der Waals surface area contributed by atoms with E-state index in [2.05, 4.69) is 29.2 Å². The van der Waals surface area contributed by atoms with Crippen LogP contribution in [0.4, 0.5) is 4.39 Å². The number of carbonyl (C=O) groups excluding carboxylic acids is 1. The SMILES string of the molecule is O=C(c1ccc(F)cc1)C1CCN(CCCOC2CCCc3ccccc32)CC1. The molecule has 0 radical (unpaired) electrons. The number of ether oxygens (including phenoxy) is 1. The lowest BCUT2D eigenvalue weighted by Gasteiger charge is -2.31. The van der Waals surface area contributed by atoms with Gasteiger partial charge in [0.05, 0.1) is 6.10 Å². The minimum Gasteiger partial charge on any atom is -0.373 e. The van der Waals surface area contributed by atoms with Crippen LogP contribution in [0.2, 0.25) is 0 Å². The van der Waals surface area contributed by atoms with E-state index in [1.807, 2.05) is 0 Å². The molecule has 1 atom stereocenters. The number of rotatable bonds is 7. The minimum absolute atomic E-state index is 0.0618. The number of carbonyl (C=O) groups is 1. The van der Waals surface area contributed by atoms with Crippen LogP contribution in [-0.4, -0.2) is 36.9 Å². The Balaban J connectivity index is 1.17. The molecular formula is C25H30FNO2. The van der Waals surface area contributed by atoms with Crippen molar-refractivity contribution in [2.75, 3.05) is 26.2 Å². The molecule has 0 N–H and O–H groups in total. The van der Waals surface area contributed by atoms with Crippen LogP contribution in [0.5, 0.6) is 0 Å². The molecule has 1 aliphatic carbocycles. The van der Waals surface area contributed by atoms with Gasteiger partial charge in [-0.15, -0.1) is 0 Å². The number of nitrogens with zero attached hydrogens (tertiary/aromatic N) is 1. The second kappa shape index (κ2) is 9.64. The van der Waals surface area contributed by atoms with Gasteiger partial charge in [-0.25, -0.2) is 4.39 Å². The second-order valence-corrected chi connectivity index (χ2v) is 8.29. The van der Waals surface area contributed by atoms with E-state index in [4.69, 9.17) is 4.74 Å². The van der Waals surface area contributed by atoms with Gasteiger partial charge in [-0.05, 0) is 87.0 Å². The van der Waals surface area contributed by atoms with E-state index in [0.717, 1.165) is 51.9 Å². The van der Waals surface area contributed by atoms with Gasteiger partial charge in [0.15, 0.2) is 5.78 Å². The molecule has 0 spiro atoms. The number of hydrogen-bond acceptors (Lipinski definition) is 3. The molecule has 1 unspecified atom stereocenters. The predicted molar refractivity (Wildman–Crippen MR) is 113 cm³/mol. The maximum absolute atomic E-state index is 13.1. The topological polar surface area (TPSA) is 29.5 Å². The summed E-state index contributed by atoms with van der Waals surface area (Å²) in [6.07, 6.45) is 6.53. The highest BCUT2D eigenvalue weighted by molar-refractivity contribution is 5.97.